The van der Waals surface area contributed by atoms with E-state index in [9.17, 15) is 0 Å². The van der Waals surface area contributed by atoms with Gasteiger partial charge in [-0.1, -0.05) is 152 Å². The Kier molecular flexibility index (Phi) is 7.11. The lowest BCUT2D eigenvalue weighted by molar-refractivity contribution is 1.29. The maximum atomic E-state index is 2.45. The largest absolute Gasteiger partial charge is 0.310 e. The smallest absolute Gasteiger partial charge is 0.0540 e. The molecule has 1 heterocycles. The lowest BCUT2D eigenvalue weighted by Gasteiger charge is -2.28. The molecule has 0 saturated heterocycles. The fraction of sp³-hybridized carbons (Fsp3) is 0. The van der Waals surface area contributed by atoms with Gasteiger partial charge in [0.2, 0.25) is 0 Å². The van der Waals surface area contributed by atoms with Crippen molar-refractivity contribution in [3.63, 3.8) is 0 Å². The number of nitrogens with zero attached hydrogens (tertiary/aromatic N) is 1. The number of hydrogen-bond acceptors (Lipinski definition) is 2. The van der Waals surface area contributed by atoms with E-state index in [2.05, 4.69) is 205 Å². The predicted octanol–water partition coefficient (Wildman–Crippen LogP) is 15.5. The van der Waals surface area contributed by atoms with Crippen molar-refractivity contribution in [1.29, 1.82) is 0 Å². The minimum atomic E-state index is 1.12. The number of anilines is 3. The van der Waals surface area contributed by atoms with Crippen molar-refractivity contribution in [1.82, 2.24) is 0 Å². The Morgan fingerprint density at radius 2 is 0.926 bits per heavy atom. The molecule has 0 amide bonds. The molecule has 11 rings (SSSR count). The molecular formula is C52H33NS. The quantitative estimate of drug-likeness (QED) is 0.161. The Bertz CT molecular complexity index is 3220. The van der Waals surface area contributed by atoms with Crippen molar-refractivity contribution in [3.05, 3.63) is 200 Å². The first kappa shape index (κ1) is 30.8. The van der Waals surface area contributed by atoms with Crippen LogP contribution in [0.5, 0.6) is 0 Å². The van der Waals surface area contributed by atoms with Crippen LogP contribution in [0, 0.1) is 0 Å². The van der Waals surface area contributed by atoms with Crippen LogP contribution >= 0.6 is 11.3 Å². The zero-order chi connectivity index (χ0) is 35.6. The van der Waals surface area contributed by atoms with Crippen LogP contribution in [0.2, 0.25) is 0 Å². The van der Waals surface area contributed by atoms with E-state index in [1.54, 1.807) is 0 Å². The van der Waals surface area contributed by atoms with E-state index in [4.69, 9.17) is 0 Å². The Hall–Kier alpha value is -6.74. The van der Waals surface area contributed by atoms with Crippen LogP contribution in [0.4, 0.5) is 17.1 Å². The molecule has 252 valence electrons. The summed E-state index contributed by atoms with van der Waals surface area (Å²) in [5.41, 5.74) is 8.15. The average molecular weight is 704 g/mol. The highest BCUT2D eigenvalue weighted by atomic mass is 32.1. The van der Waals surface area contributed by atoms with E-state index in [1.165, 1.54) is 85.5 Å². The van der Waals surface area contributed by atoms with E-state index < -0.39 is 0 Å². The number of rotatable bonds is 5. The summed E-state index contributed by atoms with van der Waals surface area (Å²) in [4.78, 5) is 2.45. The van der Waals surface area contributed by atoms with Crippen molar-refractivity contribution in [2.24, 2.45) is 0 Å². The van der Waals surface area contributed by atoms with Crippen molar-refractivity contribution >= 4 is 91.7 Å². The summed E-state index contributed by atoms with van der Waals surface area (Å²) >= 11 is 1.86. The zero-order valence-electron chi connectivity index (χ0n) is 29.4. The fourth-order valence-electron chi connectivity index (χ4n) is 8.46. The number of thiophene rings is 1. The average Bonchev–Trinajstić information content (AvgIpc) is 3.62. The van der Waals surface area contributed by atoms with E-state index in [1.807, 2.05) is 11.3 Å². The molecule has 1 nitrogen and oxygen atoms in total. The maximum absolute atomic E-state index is 2.45. The lowest BCUT2D eigenvalue weighted by atomic mass is 9.91. The highest BCUT2D eigenvalue weighted by molar-refractivity contribution is 7.25. The summed E-state index contributed by atoms with van der Waals surface area (Å²) in [7, 11) is 0. The SMILES string of the molecule is c1ccc(-c2cccc(N(c3ccc4sc5ccccc5c4c3)c3ccccc3-c3ccc4ccc5ccc6ccc7ccccc7c6c5c4c3)c2)cc1. The lowest BCUT2D eigenvalue weighted by Crippen LogP contribution is -2.11. The van der Waals surface area contributed by atoms with Gasteiger partial charge >= 0.3 is 0 Å². The Morgan fingerprint density at radius 1 is 0.315 bits per heavy atom. The molecule has 0 aliphatic heterocycles. The van der Waals surface area contributed by atoms with Crippen LogP contribution in [-0.2, 0) is 0 Å². The summed E-state index contributed by atoms with van der Waals surface area (Å²) in [6, 6.07) is 73.6. The number of fused-ring (bicyclic) bond motifs is 10. The topological polar surface area (TPSA) is 3.24 Å². The van der Waals surface area contributed by atoms with Crippen LogP contribution in [0.1, 0.15) is 0 Å². The first-order chi connectivity index (χ1) is 26.8. The normalized spacial score (nSPS) is 11.7. The van der Waals surface area contributed by atoms with Gasteiger partial charge < -0.3 is 4.90 Å². The fourth-order valence-corrected chi connectivity index (χ4v) is 9.54. The summed E-state index contributed by atoms with van der Waals surface area (Å²) < 4.78 is 2.61. The van der Waals surface area contributed by atoms with Crippen molar-refractivity contribution < 1.29 is 0 Å². The molecule has 0 spiro atoms. The highest BCUT2D eigenvalue weighted by Gasteiger charge is 2.20. The third-order valence-electron chi connectivity index (χ3n) is 11.0. The minimum Gasteiger partial charge on any atom is -0.310 e. The van der Waals surface area contributed by atoms with Crippen molar-refractivity contribution in [2.75, 3.05) is 4.90 Å². The Morgan fingerprint density at radius 3 is 1.78 bits per heavy atom. The molecule has 2 heteroatoms. The standard InChI is InChI=1S/C52H33NS/c1-2-11-34(12-3-1)39-14-10-15-41(31-39)53(42-29-30-50-47(33-42)45-18-7-9-20-49(45)54-50)48-19-8-6-16-43(48)40-28-23-36-22-25-38-27-26-37-24-21-35-13-4-5-17-44(35)51(37)52(38)46(36)32-40/h1-33H. The molecule has 0 radical (unpaired) electrons. The van der Waals surface area contributed by atoms with Crippen LogP contribution in [-0.4, -0.2) is 0 Å². The second-order valence-corrected chi connectivity index (χ2v) is 15.2. The van der Waals surface area contributed by atoms with Gasteiger partial charge in [0.1, 0.15) is 0 Å². The van der Waals surface area contributed by atoms with Gasteiger partial charge in [-0.3, -0.25) is 0 Å². The molecule has 54 heavy (non-hydrogen) atoms. The van der Waals surface area contributed by atoms with Gasteiger partial charge in [-0.15, -0.1) is 11.3 Å². The van der Waals surface area contributed by atoms with Crippen molar-refractivity contribution in [2.45, 2.75) is 0 Å². The third-order valence-corrected chi connectivity index (χ3v) is 12.1. The Balaban J connectivity index is 1.16. The van der Waals surface area contributed by atoms with Crippen LogP contribution < -0.4 is 4.90 Å². The second-order valence-electron chi connectivity index (χ2n) is 14.1. The monoisotopic (exact) mass is 703 g/mol. The van der Waals surface area contributed by atoms with Crippen molar-refractivity contribution in [3.8, 4) is 22.3 Å². The predicted molar refractivity (Wildman–Crippen MR) is 235 cm³/mol. The molecule has 0 unspecified atom stereocenters. The first-order valence-corrected chi connectivity index (χ1v) is 19.3. The van der Waals surface area contributed by atoms with Crippen LogP contribution in [0.3, 0.4) is 0 Å². The molecule has 0 atom stereocenters. The third kappa shape index (κ3) is 4.99. The molecule has 0 fully saturated rings. The molecular weight excluding hydrogens is 671 g/mol. The molecule has 0 saturated carbocycles. The molecule has 0 N–H and O–H groups in total. The zero-order valence-corrected chi connectivity index (χ0v) is 30.2. The number of para-hydroxylation sites is 1. The second kappa shape index (κ2) is 12.4. The van der Waals surface area contributed by atoms with Gasteiger partial charge in [0.15, 0.2) is 0 Å². The van der Waals surface area contributed by atoms with E-state index in [-0.39, 0.29) is 0 Å². The van der Waals surface area contributed by atoms with Crippen LogP contribution in [0.25, 0.3) is 85.5 Å². The number of benzene rings is 10. The molecule has 0 aliphatic rings. The maximum Gasteiger partial charge on any atom is 0.0540 e. The summed E-state index contributed by atoms with van der Waals surface area (Å²) in [6.45, 7) is 0. The Labute approximate surface area is 317 Å². The van der Waals surface area contributed by atoms with E-state index >= 15 is 0 Å². The molecule has 11 aromatic rings. The molecule has 0 aliphatic carbocycles. The van der Waals surface area contributed by atoms with E-state index in [0.29, 0.717) is 0 Å². The summed E-state index contributed by atoms with van der Waals surface area (Å²) in [5, 5.41) is 12.8. The van der Waals surface area contributed by atoms with Gasteiger partial charge in [0.25, 0.3) is 0 Å². The first-order valence-electron chi connectivity index (χ1n) is 18.5. The van der Waals surface area contributed by atoms with Crippen LogP contribution in [0.15, 0.2) is 200 Å². The molecule has 1 aromatic heterocycles. The van der Waals surface area contributed by atoms with E-state index in [0.717, 1.165) is 17.1 Å². The number of hydrogen-bond donors (Lipinski definition) is 0. The van der Waals surface area contributed by atoms with Gasteiger partial charge in [-0.05, 0) is 108 Å². The van der Waals surface area contributed by atoms with Gasteiger partial charge in [0.05, 0.1) is 5.69 Å². The molecule has 10 aromatic carbocycles. The van der Waals surface area contributed by atoms with Gasteiger partial charge in [-0.2, -0.15) is 0 Å². The molecule has 0 bridgehead atoms. The summed E-state index contributed by atoms with van der Waals surface area (Å²) in [5.74, 6) is 0. The summed E-state index contributed by atoms with van der Waals surface area (Å²) in [6.07, 6.45) is 0. The highest BCUT2D eigenvalue weighted by Crippen LogP contribution is 2.45. The minimum absolute atomic E-state index is 1.12. The van der Waals surface area contributed by atoms with Gasteiger partial charge in [0, 0.05) is 37.1 Å². The van der Waals surface area contributed by atoms with Gasteiger partial charge in [-0.25, -0.2) is 0 Å².